The average Bonchev–Trinajstić information content (AvgIpc) is 3.36. The first kappa shape index (κ1) is 70.7. The number of benzene rings is 7. The van der Waals surface area contributed by atoms with Crippen LogP contribution in [0.15, 0.2) is 140 Å². The van der Waals surface area contributed by atoms with Crippen LogP contribution in [-0.4, -0.2) is 26.1 Å². The van der Waals surface area contributed by atoms with Crippen LogP contribution in [0.2, 0.25) is 0 Å². The van der Waals surface area contributed by atoms with Gasteiger partial charge in [-0.1, -0.05) is 150 Å². The molecule has 1 heterocycles. The first-order chi connectivity index (χ1) is 37.4. The Morgan fingerprint density at radius 1 is 0.425 bits per heavy atom. The van der Waals surface area contributed by atoms with Crippen molar-refractivity contribution in [3.8, 4) is 0 Å². The molecule has 0 unspecified atom stereocenters. The molecule has 1 aromatic heterocycles. The Morgan fingerprint density at radius 2 is 0.812 bits per heavy atom. The van der Waals surface area contributed by atoms with E-state index in [0.29, 0.717) is 12.1 Å². The molecule has 7 aromatic carbocycles. The second-order valence-corrected chi connectivity index (χ2v) is 22.8. The van der Waals surface area contributed by atoms with Crippen LogP contribution < -0.4 is 15.8 Å². The van der Waals surface area contributed by atoms with Crippen LogP contribution in [0.25, 0.3) is 0 Å². The minimum absolute atomic E-state index is 0.124. The third-order valence-electron chi connectivity index (χ3n) is 12.5. The summed E-state index contributed by atoms with van der Waals surface area (Å²) in [6.45, 7) is 41.1. The number of rotatable bonds is 6. The number of sulfonamides is 1. The fourth-order valence-corrected chi connectivity index (χ4v) is 8.54. The molecule has 0 saturated carbocycles. The number of nitrogens with one attached hydrogen (secondary N) is 2. The molecule has 0 aliphatic carbocycles. The highest BCUT2D eigenvalue weighted by atomic mass is 32.2. The lowest BCUT2D eigenvalue weighted by Crippen LogP contribution is -2.10. The predicted octanol–water partition coefficient (Wildman–Crippen LogP) is 18.2. The minimum Gasteiger partial charge on any atom is -0.399 e. The molecule has 0 saturated heterocycles. The molecule has 8 rings (SSSR count). The van der Waals surface area contributed by atoms with E-state index in [4.69, 9.17) is 5.73 Å². The van der Waals surface area contributed by atoms with Gasteiger partial charge in [-0.05, 0) is 241 Å². The van der Waals surface area contributed by atoms with Gasteiger partial charge in [0.05, 0.1) is 11.9 Å². The highest BCUT2D eigenvalue weighted by Gasteiger charge is 2.04. The largest absolute Gasteiger partial charge is 0.399 e. The molecule has 1 amide bonds. The highest BCUT2D eigenvalue weighted by Crippen LogP contribution is 2.18. The Labute approximate surface area is 483 Å². The number of amides is 1. The van der Waals surface area contributed by atoms with E-state index < -0.39 is 10.0 Å². The first-order valence-corrected chi connectivity index (χ1v) is 29.2. The number of halogens is 1. The average molecular weight is 1100 g/mol. The summed E-state index contributed by atoms with van der Waals surface area (Å²) in [5, 5.41) is 2.64. The second kappa shape index (κ2) is 36.0. The molecule has 4 N–H and O–H groups in total. The molecule has 0 aliphatic heterocycles. The van der Waals surface area contributed by atoms with E-state index >= 15 is 0 Å². The summed E-state index contributed by atoms with van der Waals surface area (Å²) in [6.07, 6.45) is 3.94. The van der Waals surface area contributed by atoms with Crippen molar-refractivity contribution in [1.82, 2.24) is 4.98 Å². The Hall–Kier alpha value is -7.36. The smallest absolute Gasteiger partial charge is 0.229 e. The molecular formula is C71H95FN4O3S. The van der Waals surface area contributed by atoms with Crippen molar-refractivity contribution in [2.75, 3.05) is 22.0 Å². The third kappa shape index (κ3) is 30.1. The van der Waals surface area contributed by atoms with Crippen molar-refractivity contribution in [3.05, 3.63) is 257 Å². The summed E-state index contributed by atoms with van der Waals surface area (Å²) in [4.78, 5) is 14.5. The zero-order chi connectivity index (χ0) is 60.9. The summed E-state index contributed by atoms with van der Waals surface area (Å²) in [7, 11) is -3.17. The number of anilines is 3. The number of carbonyl (C=O) groups is 1. The van der Waals surface area contributed by atoms with Crippen LogP contribution in [0.4, 0.5) is 21.5 Å². The molecule has 0 bridgehead atoms. The SMILES string of the molecule is CCc1cc(C)cc(N)c1.CCc1nc(C)ccc1C.Cc1cc(C)cc(C)c1.Cc1ccc(C)c(C)c1.Cc1ccc(C)c(C)c1.Cc1ccc(C)c(NC=O)c1.Cc1ccc(C)c(NS(C)(=O)=O)c1.Cc1ccc(F)c(C)c1. The van der Waals surface area contributed by atoms with Crippen molar-refractivity contribution in [2.45, 2.75) is 151 Å². The number of nitrogens with zero attached hydrogens (tertiary/aromatic N) is 1. The van der Waals surface area contributed by atoms with Gasteiger partial charge in [-0.3, -0.25) is 14.5 Å². The fourth-order valence-electron chi connectivity index (χ4n) is 7.92. The van der Waals surface area contributed by atoms with E-state index in [1.165, 1.54) is 78.5 Å². The quantitative estimate of drug-likeness (QED) is 0.113. The van der Waals surface area contributed by atoms with Crippen molar-refractivity contribution in [2.24, 2.45) is 0 Å². The maximum absolute atomic E-state index is 12.5. The third-order valence-corrected chi connectivity index (χ3v) is 13.1. The molecule has 0 aliphatic rings. The van der Waals surface area contributed by atoms with Gasteiger partial charge in [0.2, 0.25) is 16.4 Å². The van der Waals surface area contributed by atoms with Gasteiger partial charge in [0.1, 0.15) is 5.82 Å². The summed E-state index contributed by atoms with van der Waals surface area (Å²) < 4.78 is 36.9. The molecule has 430 valence electrons. The van der Waals surface area contributed by atoms with Crippen LogP contribution in [-0.2, 0) is 27.7 Å². The second-order valence-electron chi connectivity index (χ2n) is 21.0. The van der Waals surface area contributed by atoms with E-state index in [9.17, 15) is 17.6 Å². The molecule has 7 nitrogen and oxygen atoms in total. The molecule has 80 heavy (non-hydrogen) atoms. The summed E-state index contributed by atoms with van der Waals surface area (Å²) >= 11 is 0. The zero-order valence-corrected chi connectivity index (χ0v) is 53.1. The van der Waals surface area contributed by atoms with Gasteiger partial charge in [-0.15, -0.1) is 0 Å². The van der Waals surface area contributed by atoms with E-state index in [1.807, 2.05) is 96.1 Å². The van der Waals surface area contributed by atoms with Gasteiger partial charge in [0.25, 0.3) is 0 Å². The highest BCUT2D eigenvalue weighted by molar-refractivity contribution is 7.92. The molecule has 0 radical (unpaired) electrons. The number of hydrogen-bond acceptors (Lipinski definition) is 5. The monoisotopic (exact) mass is 1100 g/mol. The predicted molar refractivity (Wildman–Crippen MR) is 346 cm³/mol. The van der Waals surface area contributed by atoms with E-state index in [-0.39, 0.29) is 5.82 Å². The lowest BCUT2D eigenvalue weighted by Gasteiger charge is -2.07. The van der Waals surface area contributed by atoms with Crippen molar-refractivity contribution < 1.29 is 17.6 Å². The van der Waals surface area contributed by atoms with Gasteiger partial charge in [-0.2, -0.15) is 0 Å². The number of carbonyl (C=O) groups excluding carboxylic acids is 1. The van der Waals surface area contributed by atoms with E-state index in [1.54, 1.807) is 13.0 Å². The maximum atomic E-state index is 12.5. The van der Waals surface area contributed by atoms with Crippen molar-refractivity contribution >= 4 is 33.5 Å². The number of nitrogens with two attached hydrogens (primary N) is 1. The van der Waals surface area contributed by atoms with Crippen LogP contribution in [0, 0.1) is 130 Å². The molecule has 8 aromatic rings. The summed E-state index contributed by atoms with van der Waals surface area (Å²) in [5.41, 5.74) is 32.6. The number of aryl methyl sites for hydroxylation is 20. The lowest BCUT2D eigenvalue weighted by atomic mass is 10.1. The Kier molecular flexibility index (Phi) is 31.8. The maximum Gasteiger partial charge on any atom is 0.229 e. The van der Waals surface area contributed by atoms with Gasteiger partial charge >= 0.3 is 0 Å². The molecule has 9 heteroatoms. The Bertz CT molecular complexity index is 3120. The topological polar surface area (TPSA) is 114 Å². The van der Waals surface area contributed by atoms with Gasteiger partial charge in [0.15, 0.2) is 0 Å². The standard InChI is InChI=1S/C9H13NO2S.C9H11NO.2C9H13N.3C9H12.C8H9F/c1-7-4-5-8(2)9(6-7)10-13(3,11)12;1-7-3-4-8(2)9(5-7)10-6-11;1-4-9-7(2)5-6-8(3)10-9;1-3-8-4-7(2)5-9(10)6-8;1-7-4-8(2)6-9(3)5-7;2*1-7-4-5-8(2)9(3)6-7;1-6-3-4-8(9)7(2)5-6/h4-6,10H,1-3H3;3-6H,1-2H3,(H,10,11);5-6H,4H2,1-3H3;4-6H,3,10H2,1-2H3;3*4-6H,1-3H3;3-5H,1-2H3. The first-order valence-electron chi connectivity index (χ1n) is 27.3. The van der Waals surface area contributed by atoms with Crippen LogP contribution >= 0.6 is 0 Å². The fraction of sp³-hybridized carbons (Fsp3) is 0.324. The van der Waals surface area contributed by atoms with Gasteiger partial charge in [0, 0.05) is 22.8 Å². The van der Waals surface area contributed by atoms with Gasteiger partial charge < -0.3 is 11.1 Å². The normalized spacial score (nSPS) is 9.93. The van der Waals surface area contributed by atoms with E-state index in [0.717, 1.165) is 69.5 Å². The molecular weight excluding hydrogens is 1010 g/mol. The zero-order valence-electron chi connectivity index (χ0n) is 52.3. The van der Waals surface area contributed by atoms with Crippen LogP contribution in [0.1, 0.15) is 125 Å². The van der Waals surface area contributed by atoms with Crippen molar-refractivity contribution in [3.63, 3.8) is 0 Å². The summed E-state index contributed by atoms with van der Waals surface area (Å²) in [5.74, 6) is -0.124. The van der Waals surface area contributed by atoms with Crippen molar-refractivity contribution in [1.29, 1.82) is 0 Å². The molecule has 0 fully saturated rings. The molecule has 0 spiro atoms. The molecule has 0 atom stereocenters. The number of nitrogen functional groups attached to an aromatic ring is 1. The van der Waals surface area contributed by atoms with Gasteiger partial charge in [-0.25, -0.2) is 12.8 Å². The number of aromatic nitrogens is 1. The lowest BCUT2D eigenvalue weighted by molar-refractivity contribution is -0.105. The number of hydrogen-bond donors (Lipinski definition) is 3. The van der Waals surface area contributed by atoms with Crippen LogP contribution in [0.3, 0.4) is 0 Å². The Morgan fingerprint density at radius 3 is 1.18 bits per heavy atom. The Balaban J connectivity index is 0.000000458. The summed E-state index contributed by atoms with van der Waals surface area (Å²) in [6, 6.07) is 46.6. The number of pyridine rings is 1. The van der Waals surface area contributed by atoms with Crippen LogP contribution in [0.5, 0.6) is 0 Å². The van der Waals surface area contributed by atoms with E-state index in [2.05, 4.69) is 178 Å². The minimum atomic E-state index is -3.17.